The highest BCUT2D eigenvalue weighted by atomic mass is 19.1. The van der Waals surface area contributed by atoms with E-state index in [4.69, 9.17) is 5.26 Å². The Morgan fingerprint density at radius 3 is 2.67 bits per heavy atom. The predicted molar refractivity (Wildman–Crippen MR) is 78.0 cm³/mol. The van der Waals surface area contributed by atoms with Gasteiger partial charge in [-0.05, 0) is 35.9 Å². The van der Waals surface area contributed by atoms with Gasteiger partial charge in [-0.15, -0.1) is 0 Å². The van der Waals surface area contributed by atoms with Crippen molar-refractivity contribution < 1.29 is 4.39 Å². The first-order valence-corrected chi connectivity index (χ1v) is 6.39. The Balaban J connectivity index is 1.78. The van der Waals surface area contributed by atoms with E-state index in [-0.39, 0.29) is 5.56 Å². The fourth-order valence-electron chi connectivity index (χ4n) is 2.05. The first-order chi connectivity index (χ1) is 10.3. The SMILES string of the molecule is N#Cc1cc(CNc2ccc3nccnc3c2)ccc1F. The van der Waals surface area contributed by atoms with E-state index in [0.29, 0.717) is 6.54 Å². The van der Waals surface area contributed by atoms with Gasteiger partial charge in [0.25, 0.3) is 0 Å². The van der Waals surface area contributed by atoms with E-state index in [1.54, 1.807) is 24.5 Å². The van der Waals surface area contributed by atoms with Crippen LogP contribution in [0.5, 0.6) is 0 Å². The van der Waals surface area contributed by atoms with Gasteiger partial charge in [0.1, 0.15) is 11.9 Å². The summed E-state index contributed by atoms with van der Waals surface area (Å²) in [5.74, 6) is -0.498. The minimum atomic E-state index is -0.498. The summed E-state index contributed by atoms with van der Waals surface area (Å²) in [6.45, 7) is 0.501. The minimum Gasteiger partial charge on any atom is -0.381 e. The van der Waals surface area contributed by atoms with Gasteiger partial charge in [-0.25, -0.2) is 4.39 Å². The van der Waals surface area contributed by atoms with Crippen LogP contribution in [0.2, 0.25) is 0 Å². The molecule has 0 aliphatic rings. The van der Waals surface area contributed by atoms with E-state index in [1.165, 1.54) is 6.07 Å². The van der Waals surface area contributed by atoms with Gasteiger partial charge < -0.3 is 5.32 Å². The van der Waals surface area contributed by atoms with Crippen molar-refractivity contribution in [2.45, 2.75) is 6.54 Å². The molecule has 2 aromatic carbocycles. The van der Waals surface area contributed by atoms with Crippen molar-refractivity contribution in [3.8, 4) is 6.07 Å². The summed E-state index contributed by atoms with van der Waals surface area (Å²) in [5, 5.41) is 12.0. The fraction of sp³-hybridized carbons (Fsp3) is 0.0625. The van der Waals surface area contributed by atoms with Gasteiger partial charge in [-0.2, -0.15) is 5.26 Å². The lowest BCUT2D eigenvalue weighted by Crippen LogP contribution is -2.00. The van der Waals surface area contributed by atoms with Gasteiger partial charge in [0.05, 0.1) is 16.6 Å². The Hall–Kier alpha value is -3.00. The highest BCUT2D eigenvalue weighted by molar-refractivity contribution is 5.78. The van der Waals surface area contributed by atoms with E-state index in [1.807, 2.05) is 24.3 Å². The molecule has 5 heteroatoms. The van der Waals surface area contributed by atoms with Crippen LogP contribution >= 0.6 is 0 Å². The van der Waals surface area contributed by atoms with Crippen molar-refractivity contribution in [1.29, 1.82) is 5.26 Å². The molecule has 3 aromatic rings. The van der Waals surface area contributed by atoms with Crippen LogP contribution in [0, 0.1) is 17.1 Å². The normalized spacial score (nSPS) is 10.3. The second kappa shape index (κ2) is 5.55. The number of benzene rings is 2. The molecule has 0 atom stereocenters. The van der Waals surface area contributed by atoms with E-state index in [0.717, 1.165) is 22.3 Å². The number of halogens is 1. The fourth-order valence-corrected chi connectivity index (χ4v) is 2.05. The second-order valence-electron chi connectivity index (χ2n) is 4.54. The summed E-state index contributed by atoms with van der Waals surface area (Å²) >= 11 is 0. The average Bonchev–Trinajstić information content (AvgIpc) is 2.54. The first kappa shape index (κ1) is 13.0. The lowest BCUT2D eigenvalue weighted by Gasteiger charge is -2.07. The number of rotatable bonds is 3. The summed E-state index contributed by atoms with van der Waals surface area (Å²) in [6.07, 6.45) is 3.29. The van der Waals surface area contributed by atoms with E-state index in [9.17, 15) is 4.39 Å². The molecule has 1 N–H and O–H groups in total. The number of hydrogen-bond acceptors (Lipinski definition) is 4. The third kappa shape index (κ3) is 2.79. The van der Waals surface area contributed by atoms with Crippen LogP contribution in [0.25, 0.3) is 11.0 Å². The molecule has 21 heavy (non-hydrogen) atoms. The van der Waals surface area contributed by atoms with E-state index >= 15 is 0 Å². The zero-order valence-corrected chi connectivity index (χ0v) is 11.0. The highest BCUT2D eigenvalue weighted by Crippen LogP contribution is 2.16. The number of hydrogen-bond donors (Lipinski definition) is 1. The van der Waals surface area contributed by atoms with Crippen molar-refractivity contribution >= 4 is 16.7 Å². The smallest absolute Gasteiger partial charge is 0.140 e. The van der Waals surface area contributed by atoms with Crippen LogP contribution in [0.15, 0.2) is 48.8 Å². The Kier molecular flexibility index (Phi) is 3.44. The molecular formula is C16H11FN4. The van der Waals surface area contributed by atoms with Crippen molar-refractivity contribution in [3.63, 3.8) is 0 Å². The Morgan fingerprint density at radius 1 is 1.05 bits per heavy atom. The first-order valence-electron chi connectivity index (χ1n) is 6.39. The molecule has 0 saturated carbocycles. The molecule has 3 rings (SSSR count). The number of aromatic nitrogens is 2. The number of nitriles is 1. The molecule has 0 amide bonds. The maximum absolute atomic E-state index is 13.2. The maximum Gasteiger partial charge on any atom is 0.140 e. The molecule has 0 unspecified atom stereocenters. The molecule has 0 aliphatic carbocycles. The topological polar surface area (TPSA) is 61.6 Å². The van der Waals surface area contributed by atoms with Crippen molar-refractivity contribution in [2.24, 2.45) is 0 Å². The predicted octanol–water partition coefficient (Wildman–Crippen LogP) is 3.25. The Labute approximate surface area is 120 Å². The molecule has 1 aromatic heterocycles. The highest BCUT2D eigenvalue weighted by Gasteiger charge is 2.03. The molecule has 0 radical (unpaired) electrons. The van der Waals surface area contributed by atoms with Crippen molar-refractivity contribution in [2.75, 3.05) is 5.32 Å². The van der Waals surface area contributed by atoms with Crippen LogP contribution in [0.1, 0.15) is 11.1 Å². The summed E-state index contributed by atoms with van der Waals surface area (Å²) in [5.41, 5.74) is 3.42. The quantitative estimate of drug-likeness (QED) is 0.798. The number of fused-ring (bicyclic) bond motifs is 1. The lowest BCUT2D eigenvalue weighted by molar-refractivity contribution is 0.623. The van der Waals surface area contributed by atoms with Gasteiger partial charge in [0, 0.05) is 24.6 Å². The van der Waals surface area contributed by atoms with Gasteiger partial charge in [-0.1, -0.05) is 6.07 Å². The van der Waals surface area contributed by atoms with E-state index in [2.05, 4.69) is 15.3 Å². The zero-order chi connectivity index (χ0) is 14.7. The molecule has 4 nitrogen and oxygen atoms in total. The summed E-state index contributed by atoms with van der Waals surface area (Å²) in [7, 11) is 0. The molecule has 0 aliphatic heterocycles. The van der Waals surface area contributed by atoms with Gasteiger partial charge in [-0.3, -0.25) is 9.97 Å². The van der Waals surface area contributed by atoms with Gasteiger partial charge in [0.2, 0.25) is 0 Å². The largest absolute Gasteiger partial charge is 0.381 e. The monoisotopic (exact) mass is 278 g/mol. The molecule has 0 fully saturated rings. The lowest BCUT2D eigenvalue weighted by atomic mass is 10.1. The Morgan fingerprint density at radius 2 is 1.86 bits per heavy atom. The van der Waals surface area contributed by atoms with Crippen LogP contribution in [0.3, 0.4) is 0 Å². The molecule has 0 spiro atoms. The molecular weight excluding hydrogens is 267 g/mol. The molecule has 0 saturated heterocycles. The van der Waals surface area contributed by atoms with Gasteiger partial charge in [0.15, 0.2) is 0 Å². The van der Waals surface area contributed by atoms with E-state index < -0.39 is 5.82 Å². The third-order valence-corrected chi connectivity index (χ3v) is 3.12. The standard InChI is InChI=1S/C16H11FN4/c17-14-3-1-11(7-12(14)9-18)10-21-13-2-4-15-16(8-13)20-6-5-19-15/h1-8,21H,10H2. The van der Waals surface area contributed by atoms with Crippen LogP contribution < -0.4 is 5.32 Å². The molecule has 1 heterocycles. The third-order valence-electron chi connectivity index (χ3n) is 3.12. The zero-order valence-electron chi connectivity index (χ0n) is 11.0. The van der Waals surface area contributed by atoms with Crippen LogP contribution in [0.4, 0.5) is 10.1 Å². The van der Waals surface area contributed by atoms with Crippen LogP contribution in [-0.4, -0.2) is 9.97 Å². The van der Waals surface area contributed by atoms with Crippen molar-refractivity contribution in [3.05, 3.63) is 65.7 Å². The average molecular weight is 278 g/mol. The van der Waals surface area contributed by atoms with Gasteiger partial charge >= 0.3 is 0 Å². The number of nitrogens with one attached hydrogen (secondary N) is 1. The number of anilines is 1. The second-order valence-corrected chi connectivity index (χ2v) is 4.54. The summed E-state index contributed by atoms with van der Waals surface area (Å²) in [6, 6.07) is 12.0. The maximum atomic E-state index is 13.2. The molecule has 0 bridgehead atoms. The van der Waals surface area contributed by atoms with Crippen LogP contribution in [-0.2, 0) is 6.54 Å². The Bertz CT molecular complexity index is 839. The summed E-state index contributed by atoms with van der Waals surface area (Å²) < 4.78 is 13.2. The molecule has 102 valence electrons. The van der Waals surface area contributed by atoms with Crippen molar-refractivity contribution in [1.82, 2.24) is 9.97 Å². The minimum absolute atomic E-state index is 0.0543. The number of nitrogens with zero attached hydrogens (tertiary/aromatic N) is 3. The summed E-state index contributed by atoms with van der Waals surface area (Å²) in [4.78, 5) is 8.45.